The van der Waals surface area contributed by atoms with Crippen LogP contribution in [0.4, 0.5) is 13.2 Å². The van der Waals surface area contributed by atoms with E-state index in [9.17, 15) is 27.9 Å². The summed E-state index contributed by atoms with van der Waals surface area (Å²) in [7, 11) is 0. The van der Waals surface area contributed by atoms with Gasteiger partial charge in [0.25, 0.3) is 0 Å². The molecule has 0 aliphatic rings. The van der Waals surface area contributed by atoms with E-state index in [0.717, 1.165) is 12.1 Å². The third kappa shape index (κ3) is 4.61. The van der Waals surface area contributed by atoms with Crippen LogP contribution in [0, 0.1) is 0 Å². The minimum atomic E-state index is -4.54. The number of hydrogen-bond acceptors (Lipinski definition) is 4. The van der Waals surface area contributed by atoms with E-state index in [1.165, 1.54) is 0 Å². The Kier molecular flexibility index (Phi) is 4.91. The minimum absolute atomic E-state index is 0.0264. The van der Waals surface area contributed by atoms with E-state index >= 15 is 0 Å². The van der Waals surface area contributed by atoms with Gasteiger partial charge >= 0.3 is 6.18 Å². The summed E-state index contributed by atoms with van der Waals surface area (Å²) in [5.74, 6) is -1.49. The van der Waals surface area contributed by atoms with E-state index in [2.05, 4.69) is 0 Å². The number of ether oxygens (including phenoxy) is 1. The number of carbonyl (C=O) groups is 2. The van der Waals surface area contributed by atoms with Crippen molar-refractivity contribution in [3.8, 4) is 5.75 Å². The molecule has 0 saturated heterocycles. The van der Waals surface area contributed by atoms with Crippen LogP contribution >= 0.6 is 0 Å². The van der Waals surface area contributed by atoms with Gasteiger partial charge in [-0.05, 0) is 31.0 Å². The van der Waals surface area contributed by atoms with Crippen LogP contribution in [0.15, 0.2) is 18.2 Å². The number of benzene rings is 1. The number of hydrogen-bond donors (Lipinski definition) is 0. The van der Waals surface area contributed by atoms with Gasteiger partial charge in [-0.3, -0.25) is 4.79 Å². The lowest BCUT2D eigenvalue weighted by Gasteiger charge is -2.12. The highest BCUT2D eigenvalue weighted by atomic mass is 19.4. The Balaban J connectivity index is 2.79. The molecule has 19 heavy (non-hydrogen) atoms. The molecule has 0 spiro atoms. The first-order valence-electron chi connectivity index (χ1n) is 5.33. The lowest BCUT2D eigenvalue weighted by molar-refractivity contribution is -0.305. The average molecular weight is 275 g/mol. The third-order valence-electron chi connectivity index (χ3n) is 2.25. The van der Waals surface area contributed by atoms with Gasteiger partial charge in [0.15, 0.2) is 6.29 Å². The van der Waals surface area contributed by atoms with Gasteiger partial charge < -0.3 is 14.6 Å². The van der Waals surface area contributed by atoms with Gasteiger partial charge in [0, 0.05) is 5.97 Å². The Labute approximate surface area is 106 Å². The first-order chi connectivity index (χ1) is 8.84. The van der Waals surface area contributed by atoms with Gasteiger partial charge in [-0.25, -0.2) is 0 Å². The number of alkyl halides is 3. The summed E-state index contributed by atoms with van der Waals surface area (Å²) in [4.78, 5) is 20.8. The summed E-state index contributed by atoms with van der Waals surface area (Å²) < 4.78 is 42.4. The molecule has 0 fully saturated rings. The monoisotopic (exact) mass is 275 g/mol. The molecule has 104 valence electrons. The second kappa shape index (κ2) is 6.21. The standard InChI is InChI=1S/C12H11F3O4/c13-12(14,15)9-4-3-8(7-16)10(6-9)19-5-1-2-11(17)18/h3-4,6-7H,1-2,5H2,(H,17,18)/p-1. The summed E-state index contributed by atoms with van der Waals surface area (Å²) in [6, 6.07) is 2.49. The second-order valence-electron chi connectivity index (χ2n) is 3.69. The van der Waals surface area contributed by atoms with E-state index in [4.69, 9.17) is 4.74 Å². The number of carboxylic acid groups (broad SMARTS) is 1. The van der Waals surface area contributed by atoms with Crippen molar-refractivity contribution in [1.29, 1.82) is 0 Å². The number of carboxylic acids is 1. The highest BCUT2D eigenvalue weighted by molar-refractivity contribution is 5.79. The fraction of sp³-hybridized carbons (Fsp3) is 0.333. The smallest absolute Gasteiger partial charge is 0.416 e. The van der Waals surface area contributed by atoms with E-state index in [-0.39, 0.29) is 30.8 Å². The quantitative estimate of drug-likeness (QED) is 0.582. The first kappa shape index (κ1) is 15.0. The van der Waals surface area contributed by atoms with Crippen molar-refractivity contribution in [2.75, 3.05) is 6.61 Å². The highest BCUT2D eigenvalue weighted by Gasteiger charge is 2.31. The Morgan fingerprint density at radius 2 is 2.05 bits per heavy atom. The van der Waals surface area contributed by atoms with Crippen LogP contribution in [0.25, 0.3) is 0 Å². The topological polar surface area (TPSA) is 66.4 Å². The Hall–Kier alpha value is -2.05. The summed E-state index contributed by atoms with van der Waals surface area (Å²) in [5, 5.41) is 10.1. The molecular weight excluding hydrogens is 265 g/mol. The van der Waals surface area contributed by atoms with Crippen LogP contribution < -0.4 is 9.84 Å². The molecule has 7 heteroatoms. The SMILES string of the molecule is O=Cc1ccc(C(F)(F)F)cc1OCCCC(=O)[O-]. The Morgan fingerprint density at radius 1 is 1.37 bits per heavy atom. The molecule has 0 saturated carbocycles. The molecule has 0 aliphatic carbocycles. The summed E-state index contributed by atoms with van der Waals surface area (Å²) in [6.45, 7) is -0.115. The van der Waals surface area contributed by atoms with Gasteiger partial charge in [-0.15, -0.1) is 0 Å². The van der Waals surface area contributed by atoms with Crippen LogP contribution in [0.5, 0.6) is 5.75 Å². The van der Waals surface area contributed by atoms with Gasteiger partial charge in [0.1, 0.15) is 5.75 Å². The summed E-state index contributed by atoms with van der Waals surface area (Å²) in [5.41, 5.74) is -0.963. The molecule has 1 aromatic rings. The molecule has 0 amide bonds. The molecule has 0 unspecified atom stereocenters. The molecule has 1 aromatic carbocycles. The lowest BCUT2D eigenvalue weighted by atomic mass is 10.1. The number of rotatable bonds is 6. The average Bonchev–Trinajstić information content (AvgIpc) is 2.33. The molecule has 0 aromatic heterocycles. The van der Waals surface area contributed by atoms with Gasteiger partial charge in [0.2, 0.25) is 0 Å². The summed E-state index contributed by atoms with van der Waals surface area (Å²) >= 11 is 0. The lowest BCUT2D eigenvalue weighted by Crippen LogP contribution is -2.22. The van der Waals surface area contributed by atoms with Crippen molar-refractivity contribution in [3.63, 3.8) is 0 Å². The maximum atomic E-state index is 12.5. The van der Waals surface area contributed by atoms with Crippen LogP contribution in [-0.4, -0.2) is 18.9 Å². The van der Waals surface area contributed by atoms with E-state index in [1.807, 2.05) is 0 Å². The van der Waals surface area contributed by atoms with E-state index in [1.54, 1.807) is 0 Å². The number of carbonyl (C=O) groups excluding carboxylic acids is 2. The van der Waals surface area contributed by atoms with Gasteiger partial charge in [-0.2, -0.15) is 13.2 Å². The highest BCUT2D eigenvalue weighted by Crippen LogP contribution is 2.32. The second-order valence-corrected chi connectivity index (χ2v) is 3.69. The van der Waals surface area contributed by atoms with E-state index < -0.39 is 17.7 Å². The maximum absolute atomic E-state index is 12.5. The third-order valence-corrected chi connectivity index (χ3v) is 2.25. The van der Waals surface area contributed by atoms with Crippen molar-refractivity contribution < 1.29 is 32.6 Å². The molecular formula is C12H10F3O4-. The predicted molar refractivity (Wildman–Crippen MR) is 56.6 cm³/mol. The number of halogens is 3. The zero-order valence-electron chi connectivity index (χ0n) is 9.70. The van der Waals surface area contributed by atoms with Crippen molar-refractivity contribution >= 4 is 12.3 Å². The Bertz CT molecular complexity index is 469. The predicted octanol–water partition coefficient (Wildman–Crippen LogP) is 1.43. The zero-order chi connectivity index (χ0) is 14.5. The summed E-state index contributed by atoms with van der Waals surface area (Å²) in [6.07, 6.45) is -4.36. The minimum Gasteiger partial charge on any atom is -0.550 e. The fourth-order valence-electron chi connectivity index (χ4n) is 1.33. The number of aliphatic carboxylic acids is 1. The maximum Gasteiger partial charge on any atom is 0.416 e. The molecule has 0 bridgehead atoms. The van der Waals surface area contributed by atoms with Crippen LogP contribution in [0.2, 0.25) is 0 Å². The van der Waals surface area contributed by atoms with Crippen molar-refractivity contribution in [1.82, 2.24) is 0 Å². The van der Waals surface area contributed by atoms with Crippen LogP contribution in [-0.2, 0) is 11.0 Å². The zero-order valence-corrected chi connectivity index (χ0v) is 9.70. The molecule has 0 aliphatic heterocycles. The molecule has 0 heterocycles. The van der Waals surface area contributed by atoms with Gasteiger partial charge in [-0.1, -0.05) is 0 Å². The number of aldehydes is 1. The largest absolute Gasteiger partial charge is 0.550 e. The Morgan fingerprint density at radius 3 is 2.58 bits per heavy atom. The molecule has 0 N–H and O–H groups in total. The van der Waals surface area contributed by atoms with Crippen LogP contribution in [0.3, 0.4) is 0 Å². The molecule has 1 rings (SSSR count). The normalized spacial score (nSPS) is 11.1. The molecule has 0 radical (unpaired) electrons. The van der Waals surface area contributed by atoms with Crippen molar-refractivity contribution in [2.45, 2.75) is 19.0 Å². The van der Waals surface area contributed by atoms with Gasteiger partial charge in [0.05, 0.1) is 17.7 Å². The van der Waals surface area contributed by atoms with E-state index in [0.29, 0.717) is 12.4 Å². The molecule has 4 nitrogen and oxygen atoms in total. The van der Waals surface area contributed by atoms with Crippen LogP contribution in [0.1, 0.15) is 28.8 Å². The first-order valence-corrected chi connectivity index (χ1v) is 5.33. The van der Waals surface area contributed by atoms with Crippen molar-refractivity contribution in [3.05, 3.63) is 29.3 Å². The fourth-order valence-corrected chi connectivity index (χ4v) is 1.33. The molecule has 0 atom stereocenters. The van der Waals surface area contributed by atoms with Crippen molar-refractivity contribution in [2.24, 2.45) is 0 Å².